The molecule has 0 aliphatic heterocycles. The molecule has 1 heterocycles. The molecule has 0 aliphatic rings. The Bertz CT molecular complexity index is 554. The summed E-state index contributed by atoms with van der Waals surface area (Å²) in [6.45, 7) is 6.74. The first kappa shape index (κ1) is 15.4. The fourth-order valence-electron chi connectivity index (χ4n) is 2.21. The van der Waals surface area contributed by atoms with Crippen LogP contribution in [0.15, 0.2) is 42.5 Å². The Morgan fingerprint density at radius 1 is 1.10 bits per heavy atom. The smallest absolute Gasteiger partial charge is 0.133 e. The monoisotopic (exact) mass is 287 g/mol. The minimum atomic E-state index is -0.222. The van der Waals surface area contributed by atoms with Crippen LogP contribution >= 0.6 is 0 Å². The van der Waals surface area contributed by atoms with Crippen molar-refractivity contribution < 1.29 is 4.39 Å². The Morgan fingerprint density at radius 2 is 1.86 bits per heavy atom. The second-order valence-electron chi connectivity index (χ2n) is 4.88. The number of rotatable bonds is 7. The predicted molar refractivity (Wildman–Crippen MR) is 85.3 cm³/mol. The quantitative estimate of drug-likeness (QED) is 0.783. The first-order valence-corrected chi connectivity index (χ1v) is 7.44. The third kappa shape index (κ3) is 4.26. The lowest BCUT2D eigenvalue weighted by Crippen LogP contribution is -2.19. The van der Waals surface area contributed by atoms with Crippen molar-refractivity contribution in [1.29, 1.82) is 0 Å². The Balaban J connectivity index is 2.17. The highest BCUT2D eigenvalue weighted by atomic mass is 19.1. The minimum absolute atomic E-state index is 0.222. The van der Waals surface area contributed by atoms with E-state index in [2.05, 4.69) is 29.0 Å². The molecule has 1 aromatic carbocycles. The standard InChI is InChI=1S/C17H22FN3/c1-3-12-19-13-15-6-5-7-17(20-15)21(4-2)16-10-8-14(18)9-11-16/h5-11,19H,3-4,12-13H2,1-2H3. The van der Waals surface area contributed by atoms with Gasteiger partial charge in [-0.25, -0.2) is 9.37 Å². The number of nitrogens with zero attached hydrogens (tertiary/aromatic N) is 2. The largest absolute Gasteiger partial charge is 0.327 e. The molecule has 4 heteroatoms. The minimum Gasteiger partial charge on any atom is -0.327 e. The molecule has 2 rings (SSSR count). The van der Waals surface area contributed by atoms with Gasteiger partial charge in [0.1, 0.15) is 11.6 Å². The summed E-state index contributed by atoms with van der Waals surface area (Å²) in [5.41, 5.74) is 1.96. The molecule has 0 bridgehead atoms. The Morgan fingerprint density at radius 3 is 2.52 bits per heavy atom. The molecule has 112 valence electrons. The van der Waals surface area contributed by atoms with Crippen molar-refractivity contribution >= 4 is 11.5 Å². The molecular formula is C17H22FN3. The number of benzene rings is 1. The molecule has 0 saturated heterocycles. The SMILES string of the molecule is CCCNCc1cccc(N(CC)c2ccc(F)cc2)n1. The lowest BCUT2D eigenvalue weighted by Gasteiger charge is -2.22. The lowest BCUT2D eigenvalue weighted by atomic mass is 10.2. The van der Waals surface area contributed by atoms with Crippen LogP contribution in [0.25, 0.3) is 0 Å². The molecule has 1 aromatic heterocycles. The normalized spacial score (nSPS) is 10.6. The van der Waals surface area contributed by atoms with Crippen molar-refractivity contribution in [2.24, 2.45) is 0 Å². The van der Waals surface area contributed by atoms with E-state index in [-0.39, 0.29) is 5.82 Å². The Labute approximate surface area is 125 Å². The number of pyridine rings is 1. The first-order valence-electron chi connectivity index (χ1n) is 7.44. The van der Waals surface area contributed by atoms with Crippen LogP contribution in [0.3, 0.4) is 0 Å². The molecule has 0 atom stereocenters. The van der Waals surface area contributed by atoms with Gasteiger partial charge < -0.3 is 10.2 Å². The van der Waals surface area contributed by atoms with E-state index in [0.717, 1.165) is 43.3 Å². The van der Waals surface area contributed by atoms with Gasteiger partial charge in [-0.15, -0.1) is 0 Å². The first-order chi connectivity index (χ1) is 10.2. The van der Waals surface area contributed by atoms with E-state index in [1.165, 1.54) is 12.1 Å². The van der Waals surface area contributed by atoms with Gasteiger partial charge in [-0.05, 0) is 56.3 Å². The highest BCUT2D eigenvalue weighted by Gasteiger charge is 2.09. The van der Waals surface area contributed by atoms with Gasteiger partial charge in [-0.3, -0.25) is 0 Å². The van der Waals surface area contributed by atoms with Gasteiger partial charge in [0.2, 0.25) is 0 Å². The van der Waals surface area contributed by atoms with Gasteiger partial charge >= 0.3 is 0 Å². The average molecular weight is 287 g/mol. The van der Waals surface area contributed by atoms with Crippen molar-refractivity contribution in [2.75, 3.05) is 18.0 Å². The molecule has 1 N–H and O–H groups in total. The van der Waals surface area contributed by atoms with Crippen molar-refractivity contribution in [3.05, 3.63) is 54.0 Å². The van der Waals surface area contributed by atoms with Crippen LogP contribution in [0.5, 0.6) is 0 Å². The van der Waals surface area contributed by atoms with Gasteiger partial charge in [0, 0.05) is 18.8 Å². The molecule has 2 aromatic rings. The van der Waals surface area contributed by atoms with Crippen molar-refractivity contribution in [1.82, 2.24) is 10.3 Å². The van der Waals surface area contributed by atoms with Crippen LogP contribution in [0.1, 0.15) is 26.0 Å². The van der Waals surface area contributed by atoms with E-state index in [1.54, 1.807) is 12.1 Å². The summed E-state index contributed by atoms with van der Waals surface area (Å²) < 4.78 is 13.1. The molecule has 0 saturated carbocycles. The van der Waals surface area contributed by atoms with Crippen LogP contribution in [0.2, 0.25) is 0 Å². The second-order valence-corrected chi connectivity index (χ2v) is 4.88. The van der Waals surface area contributed by atoms with Gasteiger partial charge in [-0.1, -0.05) is 13.0 Å². The van der Waals surface area contributed by atoms with Crippen LogP contribution in [0.4, 0.5) is 15.9 Å². The third-order valence-electron chi connectivity index (χ3n) is 3.26. The van der Waals surface area contributed by atoms with E-state index < -0.39 is 0 Å². The van der Waals surface area contributed by atoms with Crippen molar-refractivity contribution in [3.63, 3.8) is 0 Å². The van der Waals surface area contributed by atoms with E-state index in [4.69, 9.17) is 0 Å². The van der Waals surface area contributed by atoms with E-state index in [9.17, 15) is 4.39 Å². The zero-order chi connectivity index (χ0) is 15.1. The molecule has 0 amide bonds. The van der Waals surface area contributed by atoms with Crippen LogP contribution < -0.4 is 10.2 Å². The van der Waals surface area contributed by atoms with Crippen molar-refractivity contribution in [2.45, 2.75) is 26.8 Å². The summed E-state index contributed by atoms with van der Waals surface area (Å²) in [6.07, 6.45) is 1.11. The highest BCUT2D eigenvalue weighted by Crippen LogP contribution is 2.23. The van der Waals surface area contributed by atoms with Crippen LogP contribution in [-0.4, -0.2) is 18.1 Å². The van der Waals surface area contributed by atoms with Crippen LogP contribution in [-0.2, 0) is 6.54 Å². The lowest BCUT2D eigenvalue weighted by molar-refractivity contribution is 0.627. The molecular weight excluding hydrogens is 265 g/mol. The molecule has 0 spiro atoms. The predicted octanol–water partition coefficient (Wildman–Crippen LogP) is 3.88. The summed E-state index contributed by atoms with van der Waals surface area (Å²) in [7, 11) is 0. The van der Waals surface area contributed by atoms with Gasteiger partial charge in [0.25, 0.3) is 0 Å². The summed E-state index contributed by atoms with van der Waals surface area (Å²) in [6, 6.07) is 12.5. The van der Waals surface area contributed by atoms with Gasteiger partial charge in [0.05, 0.1) is 5.69 Å². The molecule has 0 radical (unpaired) electrons. The Kier molecular flexibility index (Phi) is 5.69. The molecule has 21 heavy (non-hydrogen) atoms. The number of hydrogen-bond donors (Lipinski definition) is 1. The summed E-state index contributed by atoms with van der Waals surface area (Å²) in [4.78, 5) is 6.76. The zero-order valence-corrected chi connectivity index (χ0v) is 12.6. The number of nitrogens with one attached hydrogen (secondary N) is 1. The zero-order valence-electron chi connectivity index (χ0n) is 12.6. The number of halogens is 1. The van der Waals surface area contributed by atoms with E-state index >= 15 is 0 Å². The fourth-order valence-corrected chi connectivity index (χ4v) is 2.21. The van der Waals surface area contributed by atoms with E-state index in [1.807, 2.05) is 18.2 Å². The number of anilines is 2. The second kappa shape index (κ2) is 7.74. The van der Waals surface area contributed by atoms with Gasteiger partial charge in [-0.2, -0.15) is 0 Å². The average Bonchev–Trinajstić information content (AvgIpc) is 2.51. The topological polar surface area (TPSA) is 28.2 Å². The maximum atomic E-state index is 13.1. The van der Waals surface area contributed by atoms with Crippen LogP contribution in [0, 0.1) is 5.82 Å². The summed E-state index contributed by atoms with van der Waals surface area (Å²) >= 11 is 0. The Hall–Kier alpha value is -1.94. The van der Waals surface area contributed by atoms with Gasteiger partial charge in [0.15, 0.2) is 0 Å². The summed E-state index contributed by atoms with van der Waals surface area (Å²) in [5, 5.41) is 3.35. The molecule has 0 fully saturated rings. The third-order valence-corrected chi connectivity index (χ3v) is 3.26. The van der Waals surface area contributed by atoms with Crippen molar-refractivity contribution in [3.8, 4) is 0 Å². The molecule has 3 nitrogen and oxygen atoms in total. The maximum absolute atomic E-state index is 13.1. The highest BCUT2D eigenvalue weighted by molar-refractivity contribution is 5.59. The molecule has 0 unspecified atom stereocenters. The number of hydrogen-bond acceptors (Lipinski definition) is 3. The molecule has 0 aliphatic carbocycles. The maximum Gasteiger partial charge on any atom is 0.133 e. The number of aromatic nitrogens is 1. The fraction of sp³-hybridized carbons (Fsp3) is 0.353. The summed E-state index contributed by atoms with van der Waals surface area (Å²) in [5.74, 6) is 0.667. The van der Waals surface area contributed by atoms with E-state index in [0.29, 0.717) is 0 Å².